The van der Waals surface area contributed by atoms with E-state index >= 15 is 0 Å². The van der Waals surface area contributed by atoms with Crippen LogP contribution in [0.15, 0.2) is 30.3 Å². The number of amides is 2. The van der Waals surface area contributed by atoms with Gasteiger partial charge in [0.1, 0.15) is 17.9 Å². The normalized spacial score (nSPS) is 15.4. The number of nitriles is 1. The number of nitrogens with one attached hydrogen (secondary N) is 2. The fourth-order valence-corrected chi connectivity index (χ4v) is 5.10. The predicted octanol–water partition coefficient (Wildman–Crippen LogP) is 3.19. The third kappa shape index (κ3) is 11.7. The van der Waals surface area contributed by atoms with Crippen molar-refractivity contribution < 1.29 is 37.1 Å². The van der Waals surface area contributed by atoms with Crippen molar-refractivity contribution in [1.29, 1.82) is 5.26 Å². The number of aromatic nitrogens is 2. The van der Waals surface area contributed by atoms with Gasteiger partial charge >= 0.3 is 13.8 Å². The van der Waals surface area contributed by atoms with Crippen molar-refractivity contribution in [3.8, 4) is 6.07 Å². The van der Waals surface area contributed by atoms with Gasteiger partial charge in [0, 0.05) is 45.2 Å². The molecule has 2 aliphatic rings. The number of nitrogens with zero attached hydrogens (tertiary/aromatic N) is 5. The summed E-state index contributed by atoms with van der Waals surface area (Å²) >= 11 is 0. The molecule has 2 aromatic rings. The molecule has 3 heterocycles. The molecule has 2 aliphatic heterocycles. The van der Waals surface area contributed by atoms with Crippen LogP contribution < -0.4 is 20.4 Å². The van der Waals surface area contributed by atoms with Gasteiger partial charge in [0.25, 0.3) is 0 Å². The van der Waals surface area contributed by atoms with E-state index in [0.717, 1.165) is 37.7 Å². The molecule has 0 spiro atoms. The minimum absolute atomic E-state index is 0.181. The van der Waals surface area contributed by atoms with Gasteiger partial charge in [0.05, 0.1) is 11.6 Å². The molecule has 1 aromatic heterocycles. The van der Waals surface area contributed by atoms with Crippen molar-refractivity contribution in [2.24, 2.45) is 5.92 Å². The summed E-state index contributed by atoms with van der Waals surface area (Å²) in [5.74, 6) is -0.577. The molecule has 16 heteroatoms. The molecule has 2 saturated heterocycles. The van der Waals surface area contributed by atoms with Gasteiger partial charge in [-0.3, -0.25) is 14.2 Å². The van der Waals surface area contributed by atoms with Crippen LogP contribution in [-0.4, -0.2) is 71.1 Å². The van der Waals surface area contributed by atoms with Gasteiger partial charge in [0.2, 0.25) is 18.1 Å². The SMILES string of the molecule is N#Cc1ccc(CCNC=O)cc1.O=C(CCCC1CCN(c2cc(N3CCC3)nc(C(F)(F)F)n2)CC1)NCP(=O)(O)O. The number of carbonyl (C=O) groups is 2. The summed E-state index contributed by atoms with van der Waals surface area (Å²) in [7, 11) is -4.26. The van der Waals surface area contributed by atoms with E-state index in [4.69, 9.17) is 15.0 Å². The van der Waals surface area contributed by atoms with E-state index in [9.17, 15) is 27.3 Å². The predicted molar refractivity (Wildman–Crippen MR) is 157 cm³/mol. The van der Waals surface area contributed by atoms with Gasteiger partial charge in [0.15, 0.2) is 0 Å². The number of piperidine rings is 1. The molecule has 0 saturated carbocycles. The van der Waals surface area contributed by atoms with E-state index in [1.807, 2.05) is 28.0 Å². The van der Waals surface area contributed by atoms with E-state index in [1.54, 1.807) is 18.2 Å². The molecule has 2 amide bonds. The van der Waals surface area contributed by atoms with E-state index in [0.29, 0.717) is 68.7 Å². The molecule has 0 aliphatic carbocycles. The number of rotatable bonds is 12. The highest BCUT2D eigenvalue weighted by atomic mass is 31.2. The maximum atomic E-state index is 13.2. The molecule has 2 fully saturated rings. The van der Waals surface area contributed by atoms with E-state index in [1.165, 1.54) is 0 Å². The molecular formula is C28H37F3N7O5P. The van der Waals surface area contributed by atoms with Gasteiger partial charge in [-0.2, -0.15) is 18.4 Å². The Labute approximate surface area is 253 Å². The van der Waals surface area contributed by atoms with Crippen LogP contribution in [0.5, 0.6) is 0 Å². The lowest BCUT2D eigenvalue weighted by atomic mass is 9.91. The average molecular weight is 640 g/mol. The highest BCUT2D eigenvalue weighted by molar-refractivity contribution is 7.51. The molecule has 44 heavy (non-hydrogen) atoms. The van der Waals surface area contributed by atoms with Crippen molar-refractivity contribution in [3.63, 3.8) is 0 Å². The zero-order chi connectivity index (χ0) is 32.2. The van der Waals surface area contributed by atoms with Gasteiger partial charge in [-0.05, 0) is 62.1 Å². The Morgan fingerprint density at radius 1 is 1.09 bits per heavy atom. The van der Waals surface area contributed by atoms with Crippen molar-refractivity contribution in [2.45, 2.75) is 51.1 Å². The first-order valence-electron chi connectivity index (χ1n) is 14.3. The van der Waals surface area contributed by atoms with Crippen molar-refractivity contribution in [1.82, 2.24) is 20.6 Å². The van der Waals surface area contributed by atoms with Gasteiger partial charge in [-0.25, -0.2) is 9.97 Å². The van der Waals surface area contributed by atoms with E-state index in [2.05, 4.69) is 20.6 Å². The minimum Gasteiger partial charge on any atom is -0.358 e. The molecule has 240 valence electrons. The monoisotopic (exact) mass is 639 g/mol. The van der Waals surface area contributed by atoms with E-state index < -0.39 is 31.8 Å². The molecule has 0 unspecified atom stereocenters. The summed E-state index contributed by atoms with van der Waals surface area (Å²) in [5, 5.41) is 13.3. The Balaban J connectivity index is 0.000000340. The van der Waals surface area contributed by atoms with Gasteiger partial charge in [-0.15, -0.1) is 0 Å². The lowest BCUT2D eigenvalue weighted by Gasteiger charge is -2.35. The molecule has 4 rings (SSSR count). The number of carbonyl (C=O) groups excluding carboxylic acids is 2. The van der Waals surface area contributed by atoms with Crippen LogP contribution in [0.25, 0.3) is 0 Å². The number of hydrogen-bond donors (Lipinski definition) is 4. The molecule has 0 atom stereocenters. The highest BCUT2D eigenvalue weighted by Crippen LogP contribution is 2.34. The molecule has 4 N–H and O–H groups in total. The van der Waals surface area contributed by atoms with Crippen LogP contribution in [0.2, 0.25) is 0 Å². The fraction of sp³-hybridized carbons (Fsp3) is 0.536. The second-order valence-corrected chi connectivity index (χ2v) is 12.3. The molecular weight excluding hydrogens is 602 g/mol. The summed E-state index contributed by atoms with van der Waals surface area (Å²) in [5.41, 5.74) is 1.78. The van der Waals surface area contributed by atoms with Crippen molar-refractivity contribution >= 4 is 31.5 Å². The summed E-state index contributed by atoms with van der Waals surface area (Å²) in [6.07, 6.45) is 0.230. The van der Waals surface area contributed by atoms with Crippen LogP contribution in [0.1, 0.15) is 55.5 Å². The average Bonchev–Trinajstić information content (AvgIpc) is 2.95. The van der Waals surface area contributed by atoms with Crippen LogP contribution in [-0.2, 0) is 26.8 Å². The summed E-state index contributed by atoms with van der Waals surface area (Å²) in [4.78, 5) is 50.2. The Morgan fingerprint density at radius 3 is 2.20 bits per heavy atom. The minimum atomic E-state index is -4.60. The fourth-order valence-electron chi connectivity index (χ4n) is 4.72. The third-order valence-electron chi connectivity index (χ3n) is 7.29. The van der Waals surface area contributed by atoms with Crippen LogP contribution in [0.4, 0.5) is 24.8 Å². The first-order chi connectivity index (χ1) is 20.9. The first-order valence-corrected chi connectivity index (χ1v) is 16.1. The van der Waals surface area contributed by atoms with Crippen molar-refractivity contribution in [3.05, 3.63) is 47.3 Å². The number of anilines is 2. The topological polar surface area (TPSA) is 172 Å². The third-order valence-corrected chi connectivity index (χ3v) is 7.86. The Bertz CT molecular complexity index is 1320. The van der Waals surface area contributed by atoms with E-state index in [-0.39, 0.29) is 6.42 Å². The second-order valence-electron chi connectivity index (χ2n) is 10.6. The maximum Gasteiger partial charge on any atom is 0.451 e. The van der Waals surface area contributed by atoms with Crippen molar-refractivity contribution in [2.75, 3.05) is 48.8 Å². The number of alkyl halides is 3. The molecule has 0 radical (unpaired) electrons. The zero-order valence-corrected chi connectivity index (χ0v) is 25.1. The summed E-state index contributed by atoms with van der Waals surface area (Å²) in [6.45, 7) is 3.16. The van der Waals surface area contributed by atoms with Gasteiger partial charge < -0.3 is 30.2 Å². The molecule has 1 aromatic carbocycles. The summed E-state index contributed by atoms with van der Waals surface area (Å²) < 4.78 is 50.5. The summed E-state index contributed by atoms with van der Waals surface area (Å²) in [6, 6.07) is 11.0. The number of hydrogen-bond acceptors (Lipinski definition) is 8. The smallest absolute Gasteiger partial charge is 0.358 e. The van der Waals surface area contributed by atoms with Gasteiger partial charge in [-0.1, -0.05) is 12.1 Å². The Morgan fingerprint density at radius 2 is 1.70 bits per heavy atom. The van der Waals surface area contributed by atoms with Crippen LogP contribution in [0.3, 0.4) is 0 Å². The lowest BCUT2D eigenvalue weighted by Crippen LogP contribution is -2.39. The number of benzene rings is 1. The standard InChI is InChI=1S/C18H27F3N5O4P.C10H10N2O/c19-18(20,21)17-23-14(25-7-2-8-25)11-15(24-17)26-9-5-13(6-10-26)3-1-4-16(27)22-12-31(28,29)30;11-7-10-3-1-9(2-4-10)5-6-12-8-13/h11,13H,1-10,12H2,(H,22,27)(H2,28,29,30);1-4,8H,5-6H2,(H,12,13). The lowest BCUT2D eigenvalue weighted by molar-refractivity contribution is -0.144. The quantitative estimate of drug-likeness (QED) is 0.154. The largest absolute Gasteiger partial charge is 0.451 e. The van der Waals surface area contributed by atoms with Crippen LogP contribution >= 0.6 is 7.60 Å². The highest BCUT2D eigenvalue weighted by Gasteiger charge is 2.37. The molecule has 0 bridgehead atoms. The Kier molecular flexibility index (Phi) is 12.9. The first kappa shape index (κ1) is 34.8. The second kappa shape index (κ2) is 16.4. The zero-order valence-electron chi connectivity index (χ0n) is 24.2. The Hall–Kier alpha value is -3.73. The van der Waals surface area contributed by atoms with Crippen LogP contribution in [0, 0.1) is 17.2 Å². The maximum absolute atomic E-state index is 13.2. The molecule has 12 nitrogen and oxygen atoms in total. The number of halogens is 3.